The molecule has 0 aromatic rings. The molecule has 0 amide bonds. The molecule has 11 aliphatic carbocycles. The lowest BCUT2D eigenvalue weighted by molar-refractivity contribution is -0.0916. The molecule has 11 rings (SSSR count). The van der Waals surface area contributed by atoms with Gasteiger partial charge in [0.25, 0.3) is 0 Å². The van der Waals surface area contributed by atoms with Gasteiger partial charge in [0.15, 0.2) is 0 Å². The highest BCUT2D eigenvalue weighted by Gasteiger charge is 2.74. The Morgan fingerprint density at radius 2 is 1.20 bits per heavy atom. The lowest BCUT2D eigenvalue weighted by Crippen LogP contribution is -2.60. The van der Waals surface area contributed by atoms with Crippen LogP contribution in [-0.2, 0) is 0 Å². The summed E-state index contributed by atoms with van der Waals surface area (Å²) < 4.78 is 0. The lowest BCUT2D eigenvalue weighted by atomic mass is 9.50. The predicted octanol–water partition coefficient (Wildman–Crippen LogP) is 14.1. The van der Waals surface area contributed by atoms with Gasteiger partial charge in [-0.3, -0.25) is 4.90 Å². The first kappa shape index (κ1) is 37.9. The summed E-state index contributed by atoms with van der Waals surface area (Å²) in [5.74, 6) is 10.9. The van der Waals surface area contributed by atoms with Gasteiger partial charge >= 0.3 is 0 Å². The number of rotatable bonds is 6. The Morgan fingerprint density at radius 3 is 1.98 bits per heavy atom. The molecule has 0 bridgehead atoms. The highest BCUT2D eigenvalue weighted by Crippen LogP contribution is 2.79. The van der Waals surface area contributed by atoms with Gasteiger partial charge < -0.3 is 4.90 Å². The topological polar surface area (TPSA) is 6.48 Å². The molecule has 9 fully saturated rings. The molecule has 0 aromatic heterocycles. The van der Waals surface area contributed by atoms with Gasteiger partial charge in [-0.15, -0.1) is 0 Å². The number of hydrogen-bond acceptors (Lipinski definition) is 2. The van der Waals surface area contributed by atoms with E-state index in [1.165, 1.54) is 116 Å². The van der Waals surface area contributed by atoms with E-state index in [2.05, 4.69) is 47.1 Å². The van der Waals surface area contributed by atoms with Crippen LogP contribution in [0.1, 0.15) is 200 Å². The Labute approximate surface area is 344 Å². The van der Waals surface area contributed by atoms with Gasteiger partial charge in [0.1, 0.15) is 0 Å². The van der Waals surface area contributed by atoms with E-state index < -0.39 is 0 Å². The molecule has 0 saturated heterocycles. The molecule has 0 aromatic carbocycles. The van der Waals surface area contributed by atoms with Crippen LogP contribution in [0, 0.1) is 70.5 Å². The Balaban J connectivity index is 1.01. The van der Waals surface area contributed by atoms with E-state index in [1.54, 1.807) is 82.7 Å². The van der Waals surface area contributed by atoms with Gasteiger partial charge in [-0.05, 0) is 192 Å². The molecule has 2 nitrogen and oxygen atoms in total. The van der Waals surface area contributed by atoms with E-state index in [4.69, 9.17) is 0 Å². The zero-order valence-electron chi connectivity index (χ0n) is 36.2. The summed E-state index contributed by atoms with van der Waals surface area (Å²) in [5, 5.41) is 0. The molecular weight excluding hydrogens is 677 g/mol. The summed E-state index contributed by atoms with van der Waals surface area (Å²) in [7, 11) is 0. The highest BCUT2D eigenvalue weighted by atomic mass is 15.2. The second-order valence-electron chi connectivity index (χ2n) is 22.9. The summed E-state index contributed by atoms with van der Waals surface area (Å²) >= 11 is 0. The number of allylic oxidation sites excluding steroid dienone is 5. The van der Waals surface area contributed by atoms with Gasteiger partial charge in [-0.1, -0.05) is 108 Å². The van der Waals surface area contributed by atoms with Crippen LogP contribution in [0.3, 0.4) is 0 Å². The molecule has 11 aliphatic rings. The Kier molecular flexibility index (Phi) is 10.9. The largest absolute Gasteiger partial charge is 0.369 e. The van der Waals surface area contributed by atoms with Crippen LogP contribution in [0.4, 0.5) is 0 Å². The van der Waals surface area contributed by atoms with Gasteiger partial charge in [0.2, 0.25) is 0 Å². The van der Waals surface area contributed by atoms with Crippen LogP contribution >= 0.6 is 0 Å². The van der Waals surface area contributed by atoms with Crippen molar-refractivity contribution in [3.8, 4) is 0 Å². The first-order valence-corrected chi connectivity index (χ1v) is 26.3. The number of nitrogens with zero attached hydrogens (tertiary/aromatic N) is 2. The van der Waals surface area contributed by atoms with E-state index in [0.717, 1.165) is 95.3 Å². The fourth-order valence-electron chi connectivity index (χ4n) is 19.8. The third-order valence-electron chi connectivity index (χ3n) is 21.1. The Morgan fingerprint density at radius 1 is 0.518 bits per heavy atom. The summed E-state index contributed by atoms with van der Waals surface area (Å²) in [6, 6.07) is 4.19. The molecule has 2 heteroatoms. The minimum atomic E-state index is 0.638. The Hall–Kier alpha value is -1.02. The number of fused-ring (bicyclic) bond motifs is 11. The molecule has 310 valence electrons. The average molecular weight is 761 g/mol. The van der Waals surface area contributed by atoms with Crippen molar-refractivity contribution in [2.45, 2.75) is 230 Å². The second-order valence-corrected chi connectivity index (χ2v) is 22.9. The monoisotopic (exact) mass is 761 g/mol. The highest BCUT2D eigenvalue weighted by molar-refractivity contribution is 5.25. The van der Waals surface area contributed by atoms with Crippen molar-refractivity contribution < 1.29 is 0 Å². The van der Waals surface area contributed by atoms with Crippen molar-refractivity contribution in [1.82, 2.24) is 9.80 Å². The molecular formula is C54H84N2. The van der Waals surface area contributed by atoms with Crippen molar-refractivity contribution in [1.29, 1.82) is 0 Å². The van der Waals surface area contributed by atoms with Crippen molar-refractivity contribution in [2.24, 2.45) is 70.5 Å². The lowest BCUT2D eigenvalue weighted by Gasteiger charge is -2.58. The van der Waals surface area contributed by atoms with Crippen LogP contribution in [0.2, 0.25) is 0 Å². The third kappa shape index (κ3) is 6.12. The van der Waals surface area contributed by atoms with Crippen LogP contribution in [0.15, 0.2) is 36.1 Å². The fourth-order valence-corrected chi connectivity index (χ4v) is 19.8. The minimum absolute atomic E-state index is 0.638. The molecule has 0 aliphatic heterocycles. The molecule has 0 radical (unpaired) electrons. The van der Waals surface area contributed by atoms with Gasteiger partial charge in [-0.2, -0.15) is 0 Å². The zero-order valence-corrected chi connectivity index (χ0v) is 36.2. The smallest absolute Gasteiger partial charge is 0.0318 e. The normalized spacial score (nSPS) is 48.1. The van der Waals surface area contributed by atoms with Crippen LogP contribution in [0.25, 0.3) is 0 Å². The molecule has 9 saturated carbocycles. The molecule has 15 atom stereocenters. The molecule has 0 N–H and O–H groups in total. The van der Waals surface area contributed by atoms with E-state index in [1.807, 2.05) is 0 Å². The Bertz CT molecular complexity index is 1450. The minimum Gasteiger partial charge on any atom is -0.369 e. The fraction of sp³-hybridized carbons (Fsp3) is 0.889. The van der Waals surface area contributed by atoms with Gasteiger partial charge in [0, 0.05) is 35.9 Å². The maximum atomic E-state index is 3.50. The standard InChI is InChI=1S/C54H84N2/c1-37-49(55(39-21-5-2-6-22-39)40-23-7-3-8-24-40)36-35-44-43-28-13-15-30-46(43)54(53(37)44)47-31-16-14-29-45(47)52-48(54)32-18-34-51(52)56(41-25-9-4-10-26-41)50-33-17-20-38-19-11-12-27-42(38)50/h2,5,12,21,27,37-38,40-53H,3-4,6-11,13-20,22-26,28-36H2,1H3. The van der Waals surface area contributed by atoms with Crippen molar-refractivity contribution in [3.05, 3.63) is 36.1 Å². The van der Waals surface area contributed by atoms with Crippen molar-refractivity contribution >= 4 is 0 Å². The SMILES string of the molecule is CC1C(N(C2=CC=CCC2)C2CCCCC2)CCC2C3CCCCC3C3(C4CCCCC4C4C(N(C5CCCCC5)C5CCCC6CCC=CC65)CCCC43)C12. The van der Waals surface area contributed by atoms with Gasteiger partial charge in [-0.25, -0.2) is 0 Å². The van der Waals surface area contributed by atoms with E-state index in [0.29, 0.717) is 5.41 Å². The maximum absolute atomic E-state index is 3.50. The number of hydrogen-bond donors (Lipinski definition) is 0. The van der Waals surface area contributed by atoms with Gasteiger partial charge in [0.05, 0.1) is 0 Å². The summed E-state index contributed by atoms with van der Waals surface area (Å²) in [4.78, 5) is 6.72. The quantitative estimate of drug-likeness (QED) is 0.249. The van der Waals surface area contributed by atoms with Crippen LogP contribution in [0.5, 0.6) is 0 Å². The third-order valence-corrected chi connectivity index (χ3v) is 21.1. The van der Waals surface area contributed by atoms with E-state index in [9.17, 15) is 0 Å². The molecule has 15 unspecified atom stereocenters. The zero-order chi connectivity index (χ0) is 37.2. The summed E-state index contributed by atoms with van der Waals surface area (Å²) in [5.41, 5.74) is 2.39. The molecule has 1 spiro atoms. The maximum Gasteiger partial charge on any atom is 0.0318 e. The van der Waals surface area contributed by atoms with E-state index in [-0.39, 0.29) is 0 Å². The van der Waals surface area contributed by atoms with Crippen LogP contribution < -0.4 is 0 Å². The average Bonchev–Trinajstić information content (AvgIpc) is 3.74. The first-order valence-electron chi connectivity index (χ1n) is 26.3. The summed E-state index contributed by atoms with van der Waals surface area (Å²) in [6.45, 7) is 2.92. The van der Waals surface area contributed by atoms with Crippen LogP contribution in [-0.4, -0.2) is 40.0 Å². The first-order chi connectivity index (χ1) is 27.7. The van der Waals surface area contributed by atoms with Crippen molar-refractivity contribution in [3.63, 3.8) is 0 Å². The summed E-state index contributed by atoms with van der Waals surface area (Å²) in [6.07, 6.45) is 58.1. The second kappa shape index (κ2) is 16.1. The van der Waals surface area contributed by atoms with E-state index >= 15 is 0 Å². The van der Waals surface area contributed by atoms with Crippen molar-refractivity contribution in [2.75, 3.05) is 0 Å². The predicted molar refractivity (Wildman–Crippen MR) is 234 cm³/mol. The molecule has 56 heavy (non-hydrogen) atoms. The molecule has 0 heterocycles.